The van der Waals surface area contributed by atoms with Crippen LogP contribution < -0.4 is 4.72 Å². The summed E-state index contributed by atoms with van der Waals surface area (Å²) in [6.45, 7) is 0. The van der Waals surface area contributed by atoms with Crippen molar-refractivity contribution in [3.05, 3.63) is 28.7 Å². The van der Waals surface area contributed by atoms with Crippen molar-refractivity contribution in [2.24, 2.45) is 0 Å². The molecule has 0 heterocycles. The first-order chi connectivity index (χ1) is 9.09. The molecule has 0 atom stereocenters. The van der Waals surface area contributed by atoms with E-state index in [-0.39, 0.29) is 6.04 Å². The van der Waals surface area contributed by atoms with Gasteiger partial charge in [0.15, 0.2) is 0 Å². The van der Waals surface area contributed by atoms with E-state index < -0.39 is 10.0 Å². The highest BCUT2D eigenvalue weighted by Crippen LogP contribution is 2.23. The smallest absolute Gasteiger partial charge is 0.208 e. The first-order valence-corrected chi connectivity index (χ1v) is 9.14. The molecule has 0 bridgehead atoms. The van der Waals surface area contributed by atoms with Crippen molar-refractivity contribution in [3.63, 3.8) is 0 Å². The maximum atomic E-state index is 12.4. The van der Waals surface area contributed by atoms with Crippen LogP contribution in [0, 0.1) is 0 Å². The molecular weight excluding hydrogens is 326 g/mol. The number of hydrogen-bond donors (Lipinski definition) is 1. The van der Waals surface area contributed by atoms with Crippen LogP contribution in [0.3, 0.4) is 0 Å². The Morgan fingerprint density at radius 3 is 2.21 bits per heavy atom. The Balaban J connectivity index is 2.10. The van der Waals surface area contributed by atoms with E-state index >= 15 is 0 Å². The number of hydrogen-bond acceptors (Lipinski definition) is 2. The third-order valence-electron chi connectivity index (χ3n) is 3.55. The quantitative estimate of drug-likeness (QED) is 0.904. The average molecular weight is 346 g/mol. The minimum atomic E-state index is -3.42. The highest BCUT2D eigenvalue weighted by atomic mass is 79.9. The van der Waals surface area contributed by atoms with Gasteiger partial charge in [0.25, 0.3) is 0 Å². The van der Waals surface area contributed by atoms with Gasteiger partial charge in [0.2, 0.25) is 10.0 Å². The number of benzene rings is 1. The van der Waals surface area contributed by atoms with E-state index in [4.69, 9.17) is 0 Å². The molecule has 1 aromatic carbocycles. The van der Waals surface area contributed by atoms with Gasteiger partial charge in [-0.3, -0.25) is 0 Å². The lowest BCUT2D eigenvalue weighted by Gasteiger charge is -2.21. The van der Waals surface area contributed by atoms with E-state index in [1.54, 1.807) is 18.2 Å². The average Bonchev–Trinajstić information content (AvgIpc) is 2.33. The maximum absolute atomic E-state index is 12.4. The molecule has 19 heavy (non-hydrogen) atoms. The molecule has 0 aromatic heterocycles. The molecule has 106 valence electrons. The Hall–Kier alpha value is -0.390. The van der Waals surface area contributed by atoms with Crippen molar-refractivity contribution in [1.82, 2.24) is 4.72 Å². The van der Waals surface area contributed by atoms with E-state index in [0.717, 1.165) is 25.7 Å². The summed E-state index contributed by atoms with van der Waals surface area (Å²) in [6, 6.07) is 7.04. The van der Waals surface area contributed by atoms with E-state index in [1.165, 1.54) is 19.3 Å². The second-order valence-corrected chi connectivity index (χ2v) is 7.63. The van der Waals surface area contributed by atoms with Gasteiger partial charge >= 0.3 is 0 Å². The minimum Gasteiger partial charge on any atom is -0.208 e. The summed E-state index contributed by atoms with van der Waals surface area (Å²) in [6.07, 6.45) is 7.84. The van der Waals surface area contributed by atoms with Crippen LogP contribution >= 0.6 is 15.9 Å². The van der Waals surface area contributed by atoms with Gasteiger partial charge in [-0.25, -0.2) is 13.1 Å². The molecule has 1 aliphatic carbocycles. The van der Waals surface area contributed by atoms with Gasteiger partial charge in [-0.05, 0) is 40.9 Å². The highest BCUT2D eigenvalue weighted by molar-refractivity contribution is 9.10. The van der Waals surface area contributed by atoms with Gasteiger partial charge in [0.1, 0.15) is 0 Å². The number of halogens is 1. The predicted octanol–water partition coefficient (Wildman–Crippen LogP) is 3.84. The molecule has 2 rings (SSSR count). The zero-order chi connectivity index (χ0) is 13.7. The third-order valence-corrected chi connectivity index (χ3v) is 6.09. The largest absolute Gasteiger partial charge is 0.241 e. The summed E-state index contributed by atoms with van der Waals surface area (Å²) >= 11 is 3.31. The Kier molecular flexibility index (Phi) is 5.42. The fourth-order valence-corrected chi connectivity index (χ4v) is 4.83. The normalized spacial score (nSPS) is 18.8. The molecule has 1 fully saturated rings. The van der Waals surface area contributed by atoms with Crippen molar-refractivity contribution >= 4 is 26.0 Å². The lowest BCUT2D eigenvalue weighted by atomic mass is 9.97. The monoisotopic (exact) mass is 345 g/mol. The molecule has 0 unspecified atom stereocenters. The molecule has 3 nitrogen and oxygen atoms in total. The van der Waals surface area contributed by atoms with E-state index in [2.05, 4.69) is 20.7 Å². The van der Waals surface area contributed by atoms with Gasteiger partial charge in [-0.15, -0.1) is 0 Å². The standard InChI is InChI=1S/C14H20BrNO2S/c15-13-10-6-7-11-14(13)19(17,18)16-12-8-4-2-1-3-5-9-12/h6-7,10-12,16H,1-5,8-9H2. The summed E-state index contributed by atoms with van der Waals surface area (Å²) in [4.78, 5) is 0.331. The summed E-state index contributed by atoms with van der Waals surface area (Å²) in [5.74, 6) is 0. The number of rotatable bonds is 3. The van der Waals surface area contributed by atoms with Crippen LogP contribution in [0.15, 0.2) is 33.6 Å². The zero-order valence-electron chi connectivity index (χ0n) is 10.9. The minimum absolute atomic E-state index is 0.0809. The molecule has 0 saturated heterocycles. The van der Waals surface area contributed by atoms with Gasteiger partial charge in [-0.1, -0.05) is 44.2 Å². The summed E-state index contributed by atoms with van der Waals surface area (Å²) in [5, 5.41) is 0. The van der Waals surface area contributed by atoms with Crippen LogP contribution in [-0.4, -0.2) is 14.5 Å². The van der Waals surface area contributed by atoms with E-state index in [9.17, 15) is 8.42 Å². The lowest BCUT2D eigenvalue weighted by molar-refractivity contribution is 0.426. The summed E-state index contributed by atoms with van der Waals surface area (Å²) in [7, 11) is -3.42. The second kappa shape index (κ2) is 6.86. The van der Waals surface area contributed by atoms with Crippen molar-refractivity contribution in [3.8, 4) is 0 Å². The molecule has 0 radical (unpaired) electrons. The van der Waals surface area contributed by atoms with Crippen LogP contribution in [0.5, 0.6) is 0 Å². The van der Waals surface area contributed by atoms with Gasteiger partial charge < -0.3 is 0 Å². The van der Waals surface area contributed by atoms with Crippen molar-refractivity contribution in [2.75, 3.05) is 0 Å². The Morgan fingerprint density at radius 1 is 1.00 bits per heavy atom. The molecule has 5 heteroatoms. The second-order valence-electron chi connectivity index (χ2n) is 5.09. The fraction of sp³-hybridized carbons (Fsp3) is 0.571. The molecule has 1 N–H and O–H groups in total. The van der Waals surface area contributed by atoms with Crippen LogP contribution in [0.4, 0.5) is 0 Å². The van der Waals surface area contributed by atoms with Gasteiger partial charge in [0.05, 0.1) is 4.90 Å². The topological polar surface area (TPSA) is 46.2 Å². The van der Waals surface area contributed by atoms with Crippen molar-refractivity contribution in [1.29, 1.82) is 0 Å². The molecule has 1 aliphatic rings. The summed E-state index contributed by atoms with van der Waals surface area (Å²) < 4.78 is 28.2. The van der Waals surface area contributed by atoms with E-state index in [1.807, 2.05) is 6.07 Å². The lowest BCUT2D eigenvalue weighted by Crippen LogP contribution is -2.35. The van der Waals surface area contributed by atoms with Crippen LogP contribution in [0.25, 0.3) is 0 Å². The molecule has 1 saturated carbocycles. The Morgan fingerprint density at radius 2 is 1.58 bits per heavy atom. The van der Waals surface area contributed by atoms with Crippen LogP contribution in [0.2, 0.25) is 0 Å². The molecule has 1 aromatic rings. The predicted molar refractivity (Wildman–Crippen MR) is 80.6 cm³/mol. The third kappa shape index (κ3) is 4.29. The zero-order valence-corrected chi connectivity index (χ0v) is 13.3. The number of nitrogens with one attached hydrogen (secondary N) is 1. The SMILES string of the molecule is O=S(=O)(NC1CCCCCCC1)c1ccccc1Br. The van der Waals surface area contributed by atoms with Crippen molar-refractivity contribution < 1.29 is 8.42 Å². The Bertz CT molecular complexity index is 508. The Labute approximate surface area is 124 Å². The first kappa shape index (κ1) is 15.0. The maximum Gasteiger partial charge on any atom is 0.241 e. The summed E-state index contributed by atoms with van der Waals surface area (Å²) in [5.41, 5.74) is 0. The molecule has 0 spiro atoms. The first-order valence-electron chi connectivity index (χ1n) is 6.86. The van der Waals surface area contributed by atoms with E-state index in [0.29, 0.717) is 9.37 Å². The fourth-order valence-electron chi connectivity index (χ4n) is 2.52. The molecule has 0 aliphatic heterocycles. The van der Waals surface area contributed by atoms with Gasteiger partial charge in [-0.2, -0.15) is 0 Å². The number of sulfonamides is 1. The van der Waals surface area contributed by atoms with Crippen LogP contribution in [0.1, 0.15) is 44.9 Å². The van der Waals surface area contributed by atoms with Crippen LogP contribution in [-0.2, 0) is 10.0 Å². The molecule has 0 amide bonds. The molecular formula is C14H20BrNO2S. The highest BCUT2D eigenvalue weighted by Gasteiger charge is 2.22. The van der Waals surface area contributed by atoms with Gasteiger partial charge in [0, 0.05) is 10.5 Å². The van der Waals surface area contributed by atoms with Crippen molar-refractivity contribution in [2.45, 2.75) is 55.9 Å².